The number of phenols is 1. The summed E-state index contributed by atoms with van der Waals surface area (Å²) in [6.45, 7) is 10.7. The number of rotatable bonds is 7. The van der Waals surface area contributed by atoms with Gasteiger partial charge in [0.15, 0.2) is 11.5 Å². The van der Waals surface area contributed by atoms with Crippen LogP contribution in [0.1, 0.15) is 33.3 Å². The summed E-state index contributed by atoms with van der Waals surface area (Å²) >= 11 is 0. The summed E-state index contributed by atoms with van der Waals surface area (Å²) in [5.74, 6) is 2.73. The summed E-state index contributed by atoms with van der Waals surface area (Å²) < 4.78 is 5.11. The highest BCUT2D eigenvalue weighted by atomic mass is 16.5. The first-order valence-electron chi connectivity index (χ1n) is 7.02. The van der Waals surface area contributed by atoms with E-state index in [0.29, 0.717) is 30.0 Å². The maximum Gasteiger partial charge on any atom is 0.162 e. The summed E-state index contributed by atoms with van der Waals surface area (Å²) in [5.41, 5.74) is 0.880. The monoisotopic (exact) mass is 265 g/mol. The molecule has 0 heterocycles. The lowest BCUT2D eigenvalue weighted by molar-refractivity contribution is 0.275. The van der Waals surface area contributed by atoms with E-state index in [1.807, 2.05) is 12.1 Å². The number of phenolic OH excluding ortho intramolecular Hbond substituents is 1. The van der Waals surface area contributed by atoms with E-state index in [-0.39, 0.29) is 5.75 Å². The van der Waals surface area contributed by atoms with Crippen molar-refractivity contribution in [2.24, 2.45) is 17.8 Å². The third-order valence-electron chi connectivity index (χ3n) is 3.71. The van der Waals surface area contributed by atoms with Gasteiger partial charge in [0.2, 0.25) is 0 Å². The molecule has 19 heavy (non-hydrogen) atoms. The van der Waals surface area contributed by atoms with Gasteiger partial charge in [-0.2, -0.15) is 0 Å². The van der Waals surface area contributed by atoms with E-state index in [4.69, 9.17) is 4.74 Å². The first kappa shape index (κ1) is 15.8. The number of aromatic hydroxyl groups is 1. The van der Waals surface area contributed by atoms with E-state index in [9.17, 15) is 5.11 Å². The molecule has 0 aliphatic heterocycles. The van der Waals surface area contributed by atoms with E-state index >= 15 is 0 Å². The fraction of sp³-hybridized carbons (Fsp3) is 0.625. The second kappa shape index (κ2) is 7.39. The fourth-order valence-electron chi connectivity index (χ4n) is 2.49. The molecule has 0 atom stereocenters. The Labute approximate surface area is 117 Å². The van der Waals surface area contributed by atoms with Crippen molar-refractivity contribution in [2.45, 2.75) is 34.2 Å². The zero-order chi connectivity index (χ0) is 14.4. The van der Waals surface area contributed by atoms with Crippen LogP contribution in [-0.4, -0.2) is 18.8 Å². The van der Waals surface area contributed by atoms with Gasteiger partial charge in [-0.25, -0.2) is 0 Å². The molecular weight excluding hydrogens is 238 g/mol. The average molecular weight is 265 g/mol. The zero-order valence-electron chi connectivity index (χ0n) is 12.7. The van der Waals surface area contributed by atoms with Gasteiger partial charge in [-0.3, -0.25) is 0 Å². The quantitative estimate of drug-likeness (QED) is 0.793. The Bertz CT molecular complexity index is 380. The van der Waals surface area contributed by atoms with E-state index in [2.05, 4.69) is 33.0 Å². The zero-order valence-corrected chi connectivity index (χ0v) is 12.7. The molecule has 0 fully saturated rings. The fourth-order valence-corrected chi connectivity index (χ4v) is 2.49. The lowest BCUT2D eigenvalue weighted by atomic mass is 9.85. The second-order valence-corrected chi connectivity index (χ2v) is 5.75. The van der Waals surface area contributed by atoms with Crippen LogP contribution in [0.5, 0.6) is 11.5 Å². The molecule has 0 bridgehead atoms. The lowest BCUT2D eigenvalue weighted by Gasteiger charge is -2.25. The molecule has 1 rings (SSSR count). The Morgan fingerprint density at radius 3 is 2.32 bits per heavy atom. The molecule has 0 spiro atoms. The number of methoxy groups -OCH3 is 1. The maximum atomic E-state index is 10.0. The SMILES string of the molecule is COc1cccc(CNCC(C(C)C)C(C)C)c1O. The number of hydrogen-bond acceptors (Lipinski definition) is 3. The highest BCUT2D eigenvalue weighted by Crippen LogP contribution is 2.29. The van der Waals surface area contributed by atoms with Crippen molar-refractivity contribution in [1.82, 2.24) is 5.32 Å². The minimum Gasteiger partial charge on any atom is -0.504 e. The normalized spacial score (nSPS) is 11.6. The van der Waals surface area contributed by atoms with Crippen molar-refractivity contribution >= 4 is 0 Å². The Hall–Kier alpha value is -1.22. The molecule has 0 amide bonds. The van der Waals surface area contributed by atoms with Crippen molar-refractivity contribution in [1.29, 1.82) is 0 Å². The van der Waals surface area contributed by atoms with Gasteiger partial charge in [0.1, 0.15) is 0 Å². The van der Waals surface area contributed by atoms with Crippen LogP contribution in [0.4, 0.5) is 0 Å². The summed E-state index contributed by atoms with van der Waals surface area (Å²) in [4.78, 5) is 0. The molecule has 0 aliphatic carbocycles. The highest BCUT2D eigenvalue weighted by molar-refractivity contribution is 5.45. The molecule has 3 nitrogen and oxygen atoms in total. The molecule has 1 aromatic carbocycles. The number of hydrogen-bond donors (Lipinski definition) is 2. The first-order chi connectivity index (χ1) is 8.97. The summed E-state index contributed by atoms with van der Waals surface area (Å²) in [6, 6.07) is 5.59. The smallest absolute Gasteiger partial charge is 0.162 e. The minimum atomic E-state index is 0.239. The predicted molar refractivity (Wildman–Crippen MR) is 79.5 cm³/mol. The topological polar surface area (TPSA) is 41.5 Å². The molecule has 1 aromatic rings. The summed E-state index contributed by atoms with van der Waals surface area (Å²) in [6.07, 6.45) is 0. The average Bonchev–Trinajstić information content (AvgIpc) is 2.35. The van der Waals surface area contributed by atoms with Crippen LogP contribution in [0.15, 0.2) is 18.2 Å². The summed E-state index contributed by atoms with van der Waals surface area (Å²) in [7, 11) is 1.57. The van der Waals surface area contributed by atoms with Crippen molar-refractivity contribution in [2.75, 3.05) is 13.7 Å². The van der Waals surface area contributed by atoms with Crippen molar-refractivity contribution in [3.63, 3.8) is 0 Å². The largest absolute Gasteiger partial charge is 0.504 e. The van der Waals surface area contributed by atoms with E-state index < -0.39 is 0 Å². The van der Waals surface area contributed by atoms with Crippen molar-refractivity contribution < 1.29 is 9.84 Å². The molecule has 108 valence electrons. The molecule has 0 saturated carbocycles. The van der Waals surface area contributed by atoms with Gasteiger partial charge in [0, 0.05) is 12.1 Å². The van der Waals surface area contributed by atoms with Crippen molar-refractivity contribution in [3.05, 3.63) is 23.8 Å². The molecule has 2 N–H and O–H groups in total. The Morgan fingerprint density at radius 1 is 1.16 bits per heavy atom. The molecule has 0 aliphatic rings. The van der Waals surface area contributed by atoms with Gasteiger partial charge in [0.05, 0.1) is 7.11 Å². The maximum absolute atomic E-state index is 10.0. The second-order valence-electron chi connectivity index (χ2n) is 5.75. The Morgan fingerprint density at radius 2 is 1.79 bits per heavy atom. The van der Waals surface area contributed by atoms with Crippen LogP contribution >= 0.6 is 0 Å². The number of para-hydroxylation sites is 1. The highest BCUT2D eigenvalue weighted by Gasteiger charge is 2.17. The van der Waals surface area contributed by atoms with Crippen molar-refractivity contribution in [3.8, 4) is 11.5 Å². The van der Waals surface area contributed by atoms with E-state index in [0.717, 1.165) is 12.1 Å². The van der Waals surface area contributed by atoms with Crippen LogP contribution in [0.2, 0.25) is 0 Å². The summed E-state index contributed by atoms with van der Waals surface area (Å²) in [5, 5.41) is 13.4. The van der Waals surface area contributed by atoms with Crippen LogP contribution in [0, 0.1) is 17.8 Å². The van der Waals surface area contributed by atoms with Gasteiger partial charge in [-0.05, 0) is 30.4 Å². The van der Waals surface area contributed by atoms with Gasteiger partial charge in [0.25, 0.3) is 0 Å². The van der Waals surface area contributed by atoms with Gasteiger partial charge in [-0.1, -0.05) is 39.8 Å². The number of ether oxygens (including phenoxy) is 1. The standard InChI is InChI=1S/C16H27NO2/c1-11(2)14(12(3)4)10-17-9-13-7-6-8-15(19-5)16(13)18/h6-8,11-12,14,17-18H,9-10H2,1-5H3. The molecule has 0 radical (unpaired) electrons. The van der Waals surface area contributed by atoms with Gasteiger partial charge >= 0.3 is 0 Å². The van der Waals surface area contributed by atoms with Gasteiger partial charge < -0.3 is 15.2 Å². The predicted octanol–water partition coefficient (Wildman–Crippen LogP) is 3.42. The Balaban J connectivity index is 2.58. The molecule has 0 saturated heterocycles. The minimum absolute atomic E-state index is 0.239. The third-order valence-corrected chi connectivity index (χ3v) is 3.71. The molecule has 3 heteroatoms. The van der Waals surface area contributed by atoms with E-state index in [1.165, 1.54) is 0 Å². The molecule has 0 unspecified atom stereocenters. The molecular formula is C16H27NO2. The van der Waals surface area contributed by atoms with Gasteiger partial charge in [-0.15, -0.1) is 0 Å². The molecule has 0 aromatic heterocycles. The third kappa shape index (κ3) is 4.43. The van der Waals surface area contributed by atoms with Crippen LogP contribution in [0.3, 0.4) is 0 Å². The number of benzene rings is 1. The first-order valence-corrected chi connectivity index (χ1v) is 7.02. The van der Waals surface area contributed by atoms with Crippen LogP contribution in [0.25, 0.3) is 0 Å². The van der Waals surface area contributed by atoms with Crippen LogP contribution in [-0.2, 0) is 6.54 Å². The number of nitrogens with one attached hydrogen (secondary N) is 1. The Kier molecular flexibility index (Phi) is 6.16. The van der Waals surface area contributed by atoms with E-state index in [1.54, 1.807) is 13.2 Å². The lowest BCUT2D eigenvalue weighted by Crippen LogP contribution is -2.29. The van der Waals surface area contributed by atoms with Crippen LogP contribution < -0.4 is 10.1 Å².